The highest BCUT2D eigenvalue weighted by Crippen LogP contribution is 2.49. The number of anilines is 1. The lowest BCUT2D eigenvalue weighted by molar-refractivity contribution is -0.121. The average Bonchev–Trinajstić information content (AvgIpc) is 2.74. The van der Waals surface area contributed by atoms with E-state index in [1.165, 1.54) is 0 Å². The maximum atomic E-state index is 13.6. The van der Waals surface area contributed by atoms with E-state index in [0.717, 1.165) is 28.1 Å². The van der Waals surface area contributed by atoms with Crippen LogP contribution in [0.25, 0.3) is 0 Å². The number of ether oxygens (including phenoxy) is 2. The van der Waals surface area contributed by atoms with Gasteiger partial charge in [0.2, 0.25) is 5.91 Å². The quantitative estimate of drug-likeness (QED) is 0.584. The Morgan fingerprint density at radius 2 is 1.75 bits per heavy atom. The predicted octanol–water partition coefficient (Wildman–Crippen LogP) is 5.83. The van der Waals surface area contributed by atoms with Gasteiger partial charge in [0, 0.05) is 35.1 Å². The minimum Gasteiger partial charge on any atom is -0.493 e. The fourth-order valence-corrected chi connectivity index (χ4v) is 5.06. The van der Waals surface area contributed by atoms with Crippen LogP contribution in [-0.4, -0.2) is 25.9 Å². The van der Waals surface area contributed by atoms with Crippen LogP contribution in [-0.2, 0) is 9.59 Å². The Morgan fingerprint density at radius 3 is 2.44 bits per heavy atom. The molecule has 0 radical (unpaired) electrons. The zero-order valence-electron chi connectivity index (χ0n) is 19.1. The van der Waals surface area contributed by atoms with Crippen molar-refractivity contribution < 1.29 is 19.1 Å². The van der Waals surface area contributed by atoms with Crippen LogP contribution in [0, 0.1) is 12.3 Å². The van der Waals surface area contributed by atoms with Crippen molar-refractivity contribution in [3.63, 3.8) is 0 Å². The summed E-state index contributed by atoms with van der Waals surface area (Å²) in [4.78, 5) is 28.8. The van der Waals surface area contributed by atoms with Gasteiger partial charge in [-0.05, 0) is 54.2 Å². The third-order valence-electron chi connectivity index (χ3n) is 6.43. The number of hydrogen-bond donors (Lipinski definition) is 0. The summed E-state index contributed by atoms with van der Waals surface area (Å²) in [6, 6.07) is 11.2. The van der Waals surface area contributed by atoms with E-state index in [2.05, 4.69) is 13.8 Å². The number of benzene rings is 2. The van der Waals surface area contributed by atoms with Crippen molar-refractivity contribution in [3.8, 4) is 11.5 Å². The molecule has 1 heterocycles. The van der Waals surface area contributed by atoms with E-state index in [0.29, 0.717) is 29.4 Å². The Balaban J connectivity index is 1.92. The SMILES string of the molecule is COc1ccc([C@@H]2CC(=O)N(c3cccc(Cl)c3C)C3=C2C(=O)CC(C)(C)C3)cc1OC. The summed E-state index contributed by atoms with van der Waals surface area (Å²) in [5.74, 6) is 0.917. The minimum atomic E-state index is -0.323. The fraction of sp³-hybridized carbons (Fsp3) is 0.385. The van der Waals surface area contributed by atoms with Gasteiger partial charge in [0.15, 0.2) is 17.3 Å². The standard InChI is InChI=1S/C26H28ClNO4/c1-15-18(27)7-6-8-19(15)28-20-13-26(2,3)14-21(29)25(20)17(12-24(28)30)16-9-10-22(31-4)23(11-16)32-5/h6-11,17H,12-14H2,1-5H3/t17-/m0/s1. The number of allylic oxidation sites excluding steroid dienone is 2. The van der Waals surface area contributed by atoms with Crippen LogP contribution in [0.3, 0.4) is 0 Å². The molecule has 0 bridgehead atoms. The molecule has 0 saturated heterocycles. The number of ketones is 1. The van der Waals surface area contributed by atoms with E-state index in [1.807, 2.05) is 43.3 Å². The largest absolute Gasteiger partial charge is 0.493 e. The van der Waals surface area contributed by atoms with E-state index in [-0.39, 0.29) is 29.4 Å². The van der Waals surface area contributed by atoms with Crippen molar-refractivity contribution in [3.05, 3.63) is 63.8 Å². The monoisotopic (exact) mass is 453 g/mol. The van der Waals surface area contributed by atoms with Gasteiger partial charge < -0.3 is 9.47 Å². The predicted molar refractivity (Wildman–Crippen MR) is 126 cm³/mol. The number of carbonyl (C=O) groups is 2. The first-order valence-corrected chi connectivity index (χ1v) is 11.1. The summed E-state index contributed by atoms with van der Waals surface area (Å²) in [5.41, 5.74) is 3.71. The van der Waals surface area contributed by atoms with E-state index < -0.39 is 0 Å². The van der Waals surface area contributed by atoms with Gasteiger partial charge in [-0.25, -0.2) is 0 Å². The second kappa shape index (κ2) is 8.28. The van der Waals surface area contributed by atoms with Gasteiger partial charge in [0.05, 0.1) is 19.9 Å². The van der Waals surface area contributed by atoms with Gasteiger partial charge in [0.1, 0.15) is 0 Å². The van der Waals surface area contributed by atoms with Gasteiger partial charge >= 0.3 is 0 Å². The molecule has 0 unspecified atom stereocenters. The highest BCUT2D eigenvalue weighted by Gasteiger charge is 2.44. The molecule has 0 spiro atoms. The zero-order chi connectivity index (χ0) is 23.2. The van der Waals surface area contributed by atoms with Crippen molar-refractivity contribution in [1.82, 2.24) is 0 Å². The molecule has 32 heavy (non-hydrogen) atoms. The Hall–Kier alpha value is -2.79. The molecule has 1 atom stereocenters. The van der Waals surface area contributed by atoms with Gasteiger partial charge in [0.25, 0.3) is 0 Å². The van der Waals surface area contributed by atoms with Crippen LogP contribution in [0.2, 0.25) is 5.02 Å². The van der Waals surface area contributed by atoms with Crippen molar-refractivity contribution in [2.75, 3.05) is 19.1 Å². The first-order valence-electron chi connectivity index (χ1n) is 10.7. The van der Waals surface area contributed by atoms with Crippen LogP contribution in [0.1, 0.15) is 50.2 Å². The summed E-state index contributed by atoms with van der Waals surface area (Å²) in [5, 5.41) is 0.598. The molecule has 2 aliphatic rings. The van der Waals surface area contributed by atoms with Crippen LogP contribution in [0.15, 0.2) is 47.7 Å². The molecule has 2 aromatic rings. The maximum absolute atomic E-state index is 13.6. The molecule has 1 aliphatic heterocycles. The summed E-state index contributed by atoms with van der Waals surface area (Å²) in [6.07, 6.45) is 1.29. The van der Waals surface area contributed by atoms with Gasteiger partial charge in [-0.1, -0.05) is 37.6 Å². The maximum Gasteiger partial charge on any atom is 0.232 e. The van der Waals surface area contributed by atoms with Crippen LogP contribution in [0.4, 0.5) is 5.69 Å². The van der Waals surface area contributed by atoms with Gasteiger partial charge in [-0.15, -0.1) is 0 Å². The van der Waals surface area contributed by atoms with Crippen molar-refractivity contribution in [1.29, 1.82) is 0 Å². The van der Waals surface area contributed by atoms with E-state index in [9.17, 15) is 9.59 Å². The number of Topliss-reactive ketones (excluding diaryl/α,β-unsaturated/α-hetero) is 1. The second-order valence-electron chi connectivity index (χ2n) is 9.29. The van der Waals surface area contributed by atoms with Crippen LogP contribution in [0.5, 0.6) is 11.5 Å². The number of rotatable bonds is 4. The minimum absolute atomic E-state index is 0.0422. The molecule has 0 N–H and O–H groups in total. The molecule has 0 saturated carbocycles. The molecule has 0 fully saturated rings. The highest BCUT2D eigenvalue weighted by molar-refractivity contribution is 6.31. The molecule has 5 nitrogen and oxygen atoms in total. The van der Waals surface area contributed by atoms with Crippen LogP contribution >= 0.6 is 11.6 Å². The average molecular weight is 454 g/mol. The third kappa shape index (κ3) is 3.79. The lowest BCUT2D eigenvalue weighted by atomic mass is 9.69. The topological polar surface area (TPSA) is 55.8 Å². The number of halogens is 1. The van der Waals surface area contributed by atoms with Crippen molar-refractivity contribution in [2.24, 2.45) is 5.41 Å². The lowest BCUT2D eigenvalue weighted by Gasteiger charge is -2.43. The molecule has 0 aromatic heterocycles. The first kappa shape index (κ1) is 22.4. The summed E-state index contributed by atoms with van der Waals surface area (Å²) < 4.78 is 10.8. The Bertz CT molecular complexity index is 1130. The molecule has 1 aliphatic carbocycles. The molecule has 168 valence electrons. The third-order valence-corrected chi connectivity index (χ3v) is 6.84. The summed E-state index contributed by atoms with van der Waals surface area (Å²) in [6.45, 7) is 6.05. The Kier molecular flexibility index (Phi) is 5.80. The number of hydrogen-bond acceptors (Lipinski definition) is 4. The summed E-state index contributed by atoms with van der Waals surface area (Å²) >= 11 is 6.38. The molecule has 1 amide bonds. The fourth-order valence-electron chi connectivity index (χ4n) is 4.89. The van der Waals surface area contributed by atoms with E-state index in [4.69, 9.17) is 21.1 Å². The molecule has 2 aromatic carbocycles. The number of amides is 1. The Morgan fingerprint density at radius 1 is 1.03 bits per heavy atom. The van der Waals surface area contributed by atoms with Gasteiger partial charge in [-0.2, -0.15) is 0 Å². The van der Waals surface area contributed by atoms with E-state index in [1.54, 1.807) is 19.1 Å². The number of methoxy groups -OCH3 is 2. The lowest BCUT2D eigenvalue weighted by Crippen LogP contribution is -2.44. The molecule has 6 heteroatoms. The van der Waals surface area contributed by atoms with Crippen LogP contribution < -0.4 is 14.4 Å². The smallest absolute Gasteiger partial charge is 0.232 e. The number of carbonyl (C=O) groups excluding carboxylic acids is 2. The normalized spacial score (nSPS) is 20.3. The Labute approximate surface area is 194 Å². The van der Waals surface area contributed by atoms with Crippen molar-refractivity contribution >= 4 is 29.0 Å². The zero-order valence-corrected chi connectivity index (χ0v) is 19.9. The van der Waals surface area contributed by atoms with Gasteiger partial charge in [-0.3, -0.25) is 14.5 Å². The second-order valence-corrected chi connectivity index (χ2v) is 9.69. The van der Waals surface area contributed by atoms with Crippen molar-refractivity contribution in [2.45, 2.75) is 46.0 Å². The number of nitrogens with zero attached hydrogens (tertiary/aromatic N) is 1. The summed E-state index contributed by atoms with van der Waals surface area (Å²) in [7, 11) is 3.16. The molecular weight excluding hydrogens is 426 g/mol. The first-order chi connectivity index (χ1) is 15.2. The molecular formula is C26H28ClNO4. The van der Waals surface area contributed by atoms with E-state index >= 15 is 0 Å². The highest BCUT2D eigenvalue weighted by atomic mass is 35.5. The molecule has 4 rings (SSSR count).